The number of hydrogen-bond donors (Lipinski definition) is 10. The molecule has 2 saturated heterocycles. The third-order valence-corrected chi connectivity index (χ3v) is 20.2. The zero-order valence-corrected chi connectivity index (χ0v) is 63.2. The molecule has 2 aromatic carbocycles. The maximum atomic E-state index is 13.8. The highest BCUT2D eigenvalue weighted by atomic mass is 32.2. The summed E-state index contributed by atoms with van der Waals surface area (Å²) in [4.78, 5) is 141. The van der Waals surface area contributed by atoms with Gasteiger partial charge in [-0.2, -0.15) is 4.68 Å². The maximum Gasteiger partial charge on any atom is 0.354 e. The summed E-state index contributed by atoms with van der Waals surface area (Å²) in [5, 5.41) is 39.7. The van der Waals surface area contributed by atoms with Gasteiger partial charge < -0.3 is 69.8 Å². The Morgan fingerprint density at radius 2 is 1.01 bits per heavy atom. The quantitative estimate of drug-likeness (QED) is 0.0187. The number of thioether (sulfide) groups is 2. The highest BCUT2D eigenvalue weighted by molar-refractivity contribution is 8.01. The number of aromatic nitrogens is 7. The molecule has 5 aromatic heterocycles. The van der Waals surface area contributed by atoms with Crippen molar-refractivity contribution in [2.75, 3.05) is 116 Å². The highest BCUT2D eigenvalue weighted by Gasteiger charge is 2.42. The lowest BCUT2D eigenvalue weighted by atomic mass is 10.0. The second-order valence-corrected chi connectivity index (χ2v) is 30.0. The molecule has 0 bridgehead atoms. The molecule has 2 fully saturated rings. The van der Waals surface area contributed by atoms with E-state index < -0.39 is 92.4 Å². The monoisotopic (exact) mass is 1570 g/mol. The van der Waals surface area contributed by atoms with Crippen molar-refractivity contribution in [3.63, 3.8) is 0 Å². The number of fused-ring (bicyclic) bond motifs is 2. The van der Waals surface area contributed by atoms with E-state index in [9.17, 15) is 66.9 Å². The first kappa shape index (κ1) is 85.3. The molecule has 2 aliphatic heterocycles. The molecule has 0 radical (unpaired) electrons. The van der Waals surface area contributed by atoms with Gasteiger partial charge in [0.15, 0.2) is 11.3 Å². The van der Waals surface area contributed by atoms with Gasteiger partial charge in [-0.3, -0.25) is 58.6 Å². The number of ether oxygens (including phenoxy) is 6. The lowest BCUT2D eigenvalue weighted by Gasteiger charge is -2.26. The van der Waals surface area contributed by atoms with Crippen LogP contribution in [0.15, 0.2) is 124 Å². The van der Waals surface area contributed by atoms with Crippen molar-refractivity contribution in [3.8, 4) is 11.4 Å². The van der Waals surface area contributed by atoms with Crippen LogP contribution in [0.4, 0.5) is 0 Å². The third-order valence-electron chi connectivity index (χ3n) is 17.0. The summed E-state index contributed by atoms with van der Waals surface area (Å²) in [6.07, 6.45) is 7.35. The minimum Gasteiger partial charge on any atom is -0.768 e. The average molecular weight is 1570 g/mol. The molecule has 7 heterocycles. The Hall–Kier alpha value is -9.32. The van der Waals surface area contributed by atoms with Crippen LogP contribution in [0.5, 0.6) is 0 Å². The van der Waals surface area contributed by atoms with Gasteiger partial charge in [-0.1, -0.05) is 24.3 Å². The maximum absolute atomic E-state index is 13.8. The van der Waals surface area contributed by atoms with Crippen LogP contribution in [0.2, 0.25) is 0 Å². The number of carboxylic acid groups (broad SMARTS) is 2. The van der Waals surface area contributed by atoms with Gasteiger partial charge >= 0.3 is 23.3 Å². The largest absolute Gasteiger partial charge is 0.768 e. The van der Waals surface area contributed by atoms with Gasteiger partial charge in [-0.25, -0.2) is 38.3 Å². The molecular formula is C71H92N15O20S3-. The fourth-order valence-corrected chi connectivity index (χ4v) is 13.6. The van der Waals surface area contributed by atoms with Crippen LogP contribution in [0.3, 0.4) is 0 Å². The number of nitrogens with zero attached hydrogens (tertiary/aromatic N) is 7. The predicted molar refractivity (Wildman–Crippen MR) is 402 cm³/mol. The van der Waals surface area contributed by atoms with Gasteiger partial charge in [0.25, 0.3) is 5.91 Å². The molecule has 590 valence electrons. The van der Waals surface area contributed by atoms with E-state index >= 15 is 0 Å². The second kappa shape index (κ2) is 43.2. The molecule has 7 aromatic rings. The zero-order chi connectivity index (χ0) is 78.3. The zero-order valence-electron chi connectivity index (χ0n) is 60.8. The van der Waals surface area contributed by atoms with E-state index in [1.165, 1.54) is 44.6 Å². The van der Waals surface area contributed by atoms with E-state index in [1.54, 1.807) is 102 Å². The van der Waals surface area contributed by atoms with Crippen LogP contribution in [0.25, 0.3) is 33.7 Å². The van der Waals surface area contributed by atoms with Gasteiger partial charge in [-0.05, 0) is 123 Å². The molecule has 9 rings (SSSR count). The number of nitrogens with one attached hydrogen (secondary N) is 8. The van der Waals surface area contributed by atoms with E-state index in [0.29, 0.717) is 103 Å². The normalized spacial score (nSPS) is 15.8. The van der Waals surface area contributed by atoms with Crippen molar-refractivity contribution in [1.82, 2.24) is 70.5 Å². The fraction of sp³-hybridized carbons (Fsp3) is 0.479. The smallest absolute Gasteiger partial charge is 0.354 e. The van der Waals surface area contributed by atoms with Gasteiger partial charge in [0, 0.05) is 109 Å². The summed E-state index contributed by atoms with van der Waals surface area (Å²) < 4.78 is 57.8. The number of pyridine rings is 3. The summed E-state index contributed by atoms with van der Waals surface area (Å²) in [7, 11) is 0. The Kier molecular flexibility index (Phi) is 33.8. The molecule has 0 spiro atoms. The summed E-state index contributed by atoms with van der Waals surface area (Å²) >= 11 is 1.02. The first-order chi connectivity index (χ1) is 52.4. The molecule has 0 saturated carbocycles. The molecule has 109 heavy (non-hydrogen) atoms. The Morgan fingerprint density at radius 3 is 1.47 bits per heavy atom. The van der Waals surface area contributed by atoms with Crippen LogP contribution in [-0.2, 0) is 97.2 Å². The van der Waals surface area contributed by atoms with Crippen LogP contribution in [-0.4, -0.2) is 244 Å². The van der Waals surface area contributed by atoms with Crippen molar-refractivity contribution in [3.05, 3.63) is 142 Å². The van der Waals surface area contributed by atoms with Gasteiger partial charge in [0.1, 0.15) is 42.8 Å². The van der Waals surface area contributed by atoms with Crippen molar-refractivity contribution in [2.45, 2.75) is 111 Å². The lowest BCUT2D eigenvalue weighted by Crippen LogP contribution is -2.54. The van der Waals surface area contributed by atoms with E-state index in [1.807, 2.05) is 27.7 Å². The number of carbonyl (C=O) groups is 8. The molecule has 2 aliphatic rings. The lowest BCUT2D eigenvalue weighted by molar-refractivity contribution is -0.142. The first-order valence-electron chi connectivity index (χ1n) is 35.1. The number of carboxylic acids is 2. The van der Waals surface area contributed by atoms with Crippen molar-refractivity contribution in [2.24, 2.45) is 0 Å². The Morgan fingerprint density at radius 1 is 0.560 bits per heavy atom. The van der Waals surface area contributed by atoms with Gasteiger partial charge in [0.2, 0.25) is 29.5 Å². The topological polar surface area (TPSA) is 461 Å². The number of imidazole rings is 2. The van der Waals surface area contributed by atoms with Gasteiger partial charge in [0.05, 0.1) is 76.4 Å². The minimum atomic E-state index is -2.14. The summed E-state index contributed by atoms with van der Waals surface area (Å²) in [6.45, 7) is 10.7. The van der Waals surface area contributed by atoms with E-state index in [0.717, 1.165) is 4.68 Å². The summed E-state index contributed by atoms with van der Waals surface area (Å²) in [6, 6.07) is 19.5. The predicted octanol–water partition coefficient (Wildman–Crippen LogP) is 0.892. The number of carbonyl (C=O) groups excluding carboxylic acids is 6. The number of rotatable bonds is 44. The van der Waals surface area contributed by atoms with Crippen LogP contribution in [0.1, 0.15) is 64.5 Å². The Labute approximate surface area is 638 Å². The molecule has 6 amide bonds. The molecule has 10 N–H and O–H groups in total. The highest BCUT2D eigenvalue weighted by Crippen LogP contribution is 2.34. The van der Waals surface area contributed by atoms with Crippen LogP contribution < -0.4 is 54.0 Å². The minimum absolute atomic E-state index is 0.00185. The Balaban J connectivity index is 0.00000154. The van der Waals surface area contributed by atoms with Crippen molar-refractivity contribution >= 4 is 104 Å². The number of amides is 6. The van der Waals surface area contributed by atoms with E-state index in [2.05, 4.69) is 57.6 Å². The molecular weight excluding hydrogens is 1480 g/mol. The molecule has 38 heteroatoms. The summed E-state index contributed by atoms with van der Waals surface area (Å²) in [5.41, 5.74) is 4.88. The first-order valence-corrected chi connectivity index (χ1v) is 38.2. The molecule has 0 aliphatic carbocycles. The number of benzene rings is 2. The number of hydrogen-bond acceptors (Lipinski definition) is 25. The third kappa shape index (κ3) is 26.2. The second-order valence-electron chi connectivity index (χ2n) is 25.8. The van der Waals surface area contributed by atoms with Crippen LogP contribution >= 0.6 is 23.5 Å². The molecule has 5 atom stereocenters. The summed E-state index contributed by atoms with van der Waals surface area (Å²) in [5.74, 6) is -3.39. The van der Waals surface area contributed by atoms with Crippen LogP contribution in [0, 0.1) is 0 Å². The molecule has 1 unspecified atom stereocenters. The van der Waals surface area contributed by atoms with Gasteiger partial charge in [-0.15, -0.1) is 23.5 Å². The fourth-order valence-electron chi connectivity index (χ4n) is 11.3. The van der Waals surface area contributed by atoms with Crippen molar-refractivity contribution < 1.29 is 85.8 Å². The number of aliphatic carboxylic acids is 2. The SMILES string of the molecule is CC1(C)SCN[C@@H]1C(=O)N[C@@H](Cc1ccc(-n2c(=O)n(CC(=O)NCCOCCOCCC(=O)NCCCOCCOCCCNC(=O)CCOCCOCC(=O)Nn3c(=O)n(-c4ccc(C[C@H](NC(=O)[C@H]5NCSC5(C)C)C(=O)O)cc4)c4ncccc43)c3cccnc32)cc1)C(=O)O.O=S([O-])c1cccnc1. The average Bonchev–Trinajstić information content (AvgIpc) is 1.62. The standard InChI is InChI=1S/C66H88N14O18S2.C5H5NO2S/c1-65(2)55(72-41-99-65)59(85)74-47(61(87)88)37-43-11-15-45(16-12-43)78-57-49(9-5-21-70-57)77(63(78)91)39-53(83)69-25-30-97-34-33-95-28-19-51(81)67-23-7-26-93-31-32-94-27-8-24-68-52(82)20-29-96-35-36-98-40-54(84)76-80-50-10-6-22-71-58(50)79(64(80)92)46-17-13-44(14-18-46)38-48(62(89)90)75-60(86)56-66(3,4)100-42-73-56;7-9(8)5-2-1-3-6-4-5/h5-6,9-18,21-22,47-48,55-56,72-73H,7-8,19-20,23-42H2,1-4H3,(H,67,81)(H,68,82)(H,69,83)(H,74,85)(H,75,86)(H,76,84)(H,87,88)(H,89,90);1-4H,(H,7,8)/p-1/t47-,48-,55+,56+;/m0./s1. The molecule has 35 nitrogen and oxygen atoms in total. The Bertz CT molecular complexity index is 4330. The van der Waals surface area contributed by atoms with Crippen molar-refractivity contribution in [1.29, 1.82) is 0 Å². The van der Waals surface area contributed by atoms with E-state index in [4.69, 9.17) is 28.4 Å². The van der Waals surface area contributed by atoms with E-state index in [-0.39, 0.29) is 113 Å².